The summed E-state index contributed by atoms with van der Waals surface area (Å²) in [7, 11) is -3.52. The number of rotatable bonds is 9. The fourth-order valence-electron chi connectivity index (χ4n) is 3.90. The summed E-state index contributed by atoms with van der Waals surface area (Å²) in [5.41, 5.74) is 2.08. The lowest BCUT2D eigenvalue weighted by Crippen LogP contribution is -2.38. The molecule has 1 aliphatic rings. The lowest BCUT2D eigenvalue weighted by atomic mass is 9.97. The van der Waals surface area contributed by atoms with Gasteiger partial charge < -0.3 is 9.15 Å². The van der Waals surface area contributed by atoms with Gasteiger partial charge in [0.05, 0.1) is 11.5 Å². The number of benzene rings is 1. The van der Waals surface area contributed by atoms with E-state index >= 15 is 0 Å². The summed E-state index contributed by atoms with van der Waals surface area (Å²) >= 11 is 0. The van der Waals surface area contributed by atoms with E-state index in [9.17, 15) is 8.42 Å². The SMILES string of the molecule is CCCOc1ccc(S(=O)(=O)NCC2CCN(Cc3cc(C)oc3C)CC2)cc1C. The van der Waals surface area contributed by atoms with E-state index in [0.717, 1.165) is 61.7 Å². The van der Waals surface area contributed by atoms with E-state index in [1.54, 1.807) is 18.2 Å². The highest BCUT2D eigenvalue weighted by Gasteiger charge is 2.23. The highest BCUT2D eigenvalue weighted by Crippen LogP contribution is 2.24. The fraction of sp³-hybridized carbons (Fsp3) is 0.565. The first kappa shape index (κ1) is 22.8. The smallest absolute Gasteiger partial charge is 0.240 e. The Labute approximate surface area is 180 Å². The molecule has 166 valence electrons. The van der Waals surface area contributed by atoms with Crippen molar-refractivity contribution in [3.05, 3.63) is 46.9 Å². The minimum absolute atomic E-state index is 0.298. The predicted molar refractivity (Wildman–Crippen MR) is 118 cm³/mol. The standard InChI is InChI=1S/C23H34N2O4S/c1-5-12-28-23-7-6-22(13-17(23)2)30(26,27)24-15-20-8-10-25(11-9-20)16-21-14-18(3)29-19(21)4/h6-7,13-14,20,24H,5,8-12,15-16H2,1-4H3. The van der Waals surface area contributed by atoms with Crippen molar-refractivity contribution in [3.63, 3.8) is 0 Å². The number of aryl methyl sites for hydroxylation is 3. The molecule has 1 saturated heterocycles. The van der Waals surface area contributed by atoms with Gasteiger partial charge in [-0.2, -0.15) is 0 Å². The molecule has 6 nitrogen and oxygen atoms in total. The van der Waals surface area contributed by atoms with Crippen molar-refractivity contribution < 1.29 is 17.6 Å². The summed E-state index contributed by atoms with van der Waals surface area (Å²) in [6.45, 7) is 11.8. The summed E-state index contributed by atoms with van der Waals surface area (Å²) in [6.07, 6.45) is 2.89. The molecule has 0 aliphatic carbocycles. The first-order valence-corrected chi connectivity index (χ1v) is 12.3. The van der Waals surface area contributed by atoms with E-state index < -0.39 is 10.0 Å². The van der Waals surface area contributed by atoms with Gasteiger partial charge in [-0.1, -0.05) is 6.92 Å². The molecule has 3 rings (SSSR count). The number of sulfonamides is 1. The number of nitrogens with zero attached hydrogens (tertiary/aromatic N) is 1. The predicted octanol–water partition coefficient (Wildman–Crippen LogP) is 4.18. The van der Waals surface area contributed by atoms with Gasteiger partial charge in [-0.05, 0) is 88.9 Å². The minimum Gasteiger partial charge on any atom is -0.493 e. The number of piperidine rings is 1. The van der Waals surface area contributed by atoms with Crippen molar-refractivity contribution in [2.24, 2.45) is 5.92 Å². The van der Waals surface area contributed by atoms with E-state index in [2.05, 4.69) is 15.7 Å². The van der Waals surface area contributed by atoms with Crippen molar-refractivity contribution in [1.82, 2.24) is 9.62 Å². The second-order valence-corrected chi connectivity index (χ2v) is 10.1. The van der Waals surface area contributed by atoms with Crippen LogP contribution in [0, 0.1) is 26.7 Å². The van der Waals surface area contributed by atoms with Crippen LogP contribution in [-0.4, -0.2) is 39.6 Å². The van der Waals surface area contributed by atoms with Crippen LogP contribution < -0.4 is 9.46 Å². The lowest BCUT2D eigenvalue weighted by Gasteiger charge is -2.31. The van der Waals surface area contributed by atoms with Gasteiger partial charge in [0.1, 0.15) is 17.3 Å². The molecule has 0 amide bonds. The van der Waals surface area contributed by atoms with Crippen LogP contribution in [-0.2, 0) is 16.6 Å². The maximum Gasteiger partial charge on any atom is 0.240 e. The molecule has 1 aromatic heterocycles. The lowest BCUT2D eigenvalue weighted by molar-refractivity contribution is 0.178. The Hall–Kier alpha value is -1.83. The molecule has 1 N–H and O–H groups in total. The molecule has 2 heterocycles. The van der Waals surface area contributed by atoms with Crippen molar-refractivity contribution in [3.8, 4) is 5.75 Å². The highest BCUT2D eigenvalue weighted by atomic mass is 32.2. The minimum atomic E-state index is -3.52. The molecule has 2 aromatic rings. The topological polar surface area (TPSA) is 71.8 Å². The fourth-order valence-corrected chi connectivity index (χ4v) is 5.10. The Kier molecular flexibility index (Phi) is 7.60. The first-order chi connectivity index (χ1) is 14.3. The molecule has 1 aliphatic heterocycles. The van der Waals surface area contributed by atoms with Gasteiger partial charge >= 0.3 is 0 Å². The molecule has 1 fully saturated rings. The van der Waals surface area contributed by atoms with Gasteiger partial charge in [0.25, 0.3) is 0 Å². The van der Waals surface area contributed by atoms with Crippen LogP contribution >= 0.6 is 0 Å². The molecular weight excluding hydrogens is 400 g/mol. The molecular formula is C23H34N2O4S. The molecule has 0 unspecified atom stereocenters. The molecule has 0 atom stereocenters. The highest BCUT2D eigenvalue weighted by molar-refractivity contribution is 7.89. The Balaban J connectivity index is 1.49. The number of nitrogens with one attached hydrogen (secondary N) is 1. The van der Waals surface area contributed by atoms with E-state index in [4.69, 9.17) is 9.15 Å². The molecule has 0 saturated carbocycles. The van der Waals surface area contributed by atoms with Gasteiger partial charge in [-0.3, -0.25) is 4.90 Å². The molecule has 7 heteroatoms. The summed E-state index contributed by atoms with van der Waals surface area (Å²) < 4.78 is 39.5. The average molecular weight is 435 g/mol. The van der Waals surface area contributed by atoms with Crippen LogP contribution in [0.2, 0.25) is 0 Å². The first-order valence-electron chi connectivity index (χ1n) is 10.8. The van der Waals surface area contributed by atoms with E-state index in [1.165, 1.54) is 5.56 Å². The summed E-state index contributed by atoms with van der Waals surface area (Å²) in [5, 5.41) is 0. The molecule has 0 bridgehead atoms. The Morgan fingerprint density at radius 3 is 2.50 bits per heavy atom. The normalized spacial score (nSPS) is 16.1. The number of likely N-dealkylation sites (tertiary alicyclic amines) is 1. The number of ether oxygens (including phenoxy) is 1. The van der Waals surface area contributed by atoms with Gasteiger partial charge in [0.2, 0.25) is 10.0 Å². The Morgan fingerprint density at radius 2 is 1.90 bits per heavy atom. The average Bonchev–Trinajstić information content (AvgIpc) is 3.03. The van der Waals surface area contributed by atoms with Crippen LogP contribution in [0.5, 0.6) is 5.75 Å². The quantitative estimate of drug-likeness (QED) is 0.641. The maximum atomic E-state index is 12.7. The summed E-state index contributed by atoms with van der Waals surface area (Å²) in [6, 6.07) is 7.16. The van der Waals surface area contributed by atoms with Crippen molar-refractivity contribution >= 4 is 10.0 Å². The van der Waals surface area contributed by atoms with Gasteiger partial charge in [-0.25, -0.2) is 13.1 Å². The van der Waals surface area contributed by atoms with Crippen LogP contribution in [0.4, 0.5) is 0 Å². The largest absolute Gasteiger partial charge is 0.493 e. The van der Waals surface area contributed by atoms with Crippen molar-refractivity contribution in [2.75, 3.05) is 26.2 Å². The molecule has 30 heavy (non-hydrogen) atoms. The van der Waals surface area contributed by atoms with Crippen molar-refractivity contribution in [1.29, 1.82) is 0 Å². The van der Waals surface area contributed by atoms with Gasteiger partial charge in [0.15, 0.2) is 0 Å². The zero-order valence-corrected chi connectivity index (χ0v) is 19.3. The third-order valence-electron chi connectivity index (χ3n) is 5.73. The molecule has 0 spiro atoms. The third-order valence-corrected chi connectivity index (χ3v) is 7.15. The van der Waals surface area contributed by atoms with E-state index in [0.29, 0.717) is 24.0 Å². The van der Waals surface area contributed by atoms with Crippen molar-refractivity contribution in [2.45, 2.75) is 58.4 Å². The zero-order chi connectivity index (χ0) is 21.7. The van der Waals surface area contributed by atoms with E-state index in [-0.39, 0.29) is 0 Å². The third kappa shape index (κ3) is 5.86. The summed E-state index contributed by atoms with van der Waals surface area (Å²) in [4.78, 5) is 2.72. The zero-order valence-electron chi connectivity index (χ0n) is 18.5. The van der Waals surface area contributed by atoms with Crippen LogP contribution in [0.25, 0.3) is 0 Å². The molecule has 1 aromatic carbocycles. The molecule has 0 radical (unpaired) electrons. The Bertz CT molecular complexity index is 944. The number of hydrogen-bond acceptors (Lipinski definition) is 5. The second kappa shape index (κ2) is 9.98. The number of furan rings is 1. The summed E-state index contributed by atoms with van der Waals surface area (Å²) in [5.74, 6) is 3.04. The second-order valence-electron chi connectivity index (χ2n) is 8.29. The monoisotopic (exact) mass is 434 g/mol. The maximum absolute atomic E-state index is 12.7. The van der Waals surface area contributed by atoms with Crippen LogP contribution in [0.15, 0.2) is 33.6 Å². The van der Waals surface area contributed by atoms with E-state index in [1.807, 2.05) is 27.7 Å². The van der Waals surface area contributed by atoms with Crippen LogP contribution in [0.1, 0.15) is 48.8 Å². The van der Waals surface area contributed by atoms with Gasteiger partial charge in [0, 0.05) is 18.7 Å². The number of hydrogen-bond donors (Lipinski definition) is 1. The Morgan fingerprint density at radius 1 is 1.17 bits per heavy atom. The van der Waals surface area contributed by atoms with Crippen LogP contribution in [0.3, 0.4) is 0 Å². The van der Waals surface area contributed by atoms with Gasteiger partial charge in [-0.15, -0.1) is 0 Å².